The minimum atomic E-state index is -0.811. The normalized spacial score (nSPS) is 43.0. The van der Waals surface area contributed by atoms with Crippen molar-refractivity contribution in [1.29, 1.82) is 0 Å². The van der Waals surface area contributed by atoms with Gasteiger partial charge in [0.15, 0.2) is 0 Å². The fourth-order valence-electron chi connectivity index (χ4n) is 2.41. The molecule has 3 unspecified atom stereocenters. The van der Waals surface area contributed by atoms with Gasteiger partial charge in [0.2, 0.25) is 0 Å². The van der Waals surface area contributed by atoms with Crippen molar-refractivity contribution >= 4 is 11.9 Å². The zero-order valence-electron chi connectivity index (χ0n) is 7.45. The van der Waals surface area contributed by atoms with E-state index in [1.54, 1.807) is 0 Å². The highest BCUT2D eigenvalue weighted by atomic mass is 16.6. The summed E-state index contributed by atoms with van der Waals surface area (Å²) in [6.45, 7) is 1.82. The standard InChI is InChI=1S/C9H12O4/c1-9-3-5(7(10)11)2-6(4-9)8(12)13-9/h5-6H,2-4H2,1H3,(H,10,11). The molecule has 2 rings (SSSR count). The van der Waals surface area contributed by atoms with Crippen molar-refractivity contribution in [2.45, 2.75) is 31.8 Å². The van der Waals surface area contributed by atoms with Crippen LogP contribution in [0.25, 0.3) is 0 Å². The largest absolute Gasteiger partial charge is 0.481 e. The highest BCUT2D eigenvalue weighted by Crippen LogP contribution is 2.44. The molecule has 2 bridgehead atoms. The molecule has 0 aromatic rings. The molecule has 3 atom stereocenters. The van der Waals surface area contributed by atoms with Crippen LogP contribution in [0.2, 0.25) is 0 Å². The van der Waals surface area contributed by atoms with Crippen LogP contribution in [0.5, 0.6) is 0 Å². The third kappa shape index (κ3) is 1.30. The van der Waals surface area contributed by atoms with E-state index < -0.39 is 17.5 Å². The maximum Gasteiger partial charge on any atom is 0.309 e. The molecule has 1 N–H and O–H groups in total. The summed E-state index contributed by atoms with van der Waals surface area (Å²) in [5.74, 6) is -1.62. The molecule has 0 spiro atoms. The number of carboxylic acids is 1. The number of carbonyl (C=O) groups is 2. The number of hydrogen-bond acceptors (Lipinski definition) is 3. The SMILES string of the molecule is CC12CC(C(=O)O)CC(C1)C(=O)O2. The lowest BCUT2D eigenvalue weighted by Gasteiger charge is -2.29. The first kappa shape index (κ1) is 8.53. The van der Waals surface area contributed by atoms with Crippen LogP contribution in [0, 0.1) is 11.8 Å². The maximum atomic E-state index is 11.2. The Morgan fingerprint density at radius 1 is 1.62 bits per heavy atom. The summed E-state index contributed by atoms with van der Waals surface area (Å²) in [5.41, 5.74) is -0.511. The number of esters is 1. The zero-order chi connectivity index (χ0) is 9.64. The van der Waals surface area contributed by atoms with E-state index in [-0.39, 0.29) is 11.9 Å². The van der Waals surface area contributed by atoms with Crippen molar-refractivity contribution in [2.24, 2.45) is 11.8 Å². The number of carbonyl (C=O) groups excluding carboxylic acids is 1. The van der Waals surface area contributed by atoms with Crippen molar-refractivity contribution in [3.8, 4) is 0 Å². The Balaban J connectivity index is 2.20. The lowest BCUT2D eigenvalue weighted by atomic mass is 9.76. The molecule has 0 radical (unpaired) electrons. The van der Waals surface area contributed by atoms with E-state index in [0.29, 0.717) is 19.3 Å². The number of fused-ring (bicyclic) bond motifs is 2. The number of aliphatic carboxylic acids is 1. The molecular formula is C9H12O4. The van der Waals surface area contributed by atoms with E-state index in [0.717, 1.165) is 0 Å². The number of hydrogen-bond donors (Lipinski definition) is 1. The van der Waals surface area contributed by atoms with E-state index in [1.165, 1.54) is 0 Å². The first-order chi connectivity index (χ1) is 6.00. The van der Waals surface area contributed by atoms with Gasteiger partial charge < -0.3 is 9.84 Å². The van der Waals surface area contributed by atoms with E-state index in [1.807, 2.05) is 6.92 Å². The molecule has 1 heterocycles. The first-order valence-corrected chi connectivity index (χ1v) is 4.46. The molecule has 1 aliphatic heterocycles. The van der Waals surface area contributed by atoms with Crippen molar-refractivity contribution in [2.75, 3.05) is 0 Å². The quantitative estimate of drug-likeness (QED) is 0.612. The highest BCUT2D eigenvalue weighted by Gasteiger charge is 2.51. The molecule has 72 valence electrons. The minimum Gasteiger partial charge on any atom is -0.481 e. The van der Waals surface area contributed by atoms with Gasteiger partial charge in [-0.05, 0) is 13.3 Å². The number of ether oxygens (including phenoxy) is 1. The van der Waals surface area contributed by atoms with Gasteiger partial charge in [-0.15, -0.1) is 0 Å². The van der Waals surface area contributed by atoms with Crippen LogP contribution in [0.4, 0.5) is 0 Å². The van der Waals surface area contributed by atoms with Gasteiger partial charge in [-0.2, -0.15) is 0 Å². The second-order valence-corrected chi connectivity index (χ2v) is 4.25. The van der Waals surface area contributed by atoms with Gasteiger partial charge in [-0.1, -0.05) is 0 Å². The molecule has 1 aliphatic carbocycles. The maximum absolute atomic E-state index is 11.2. The smallest absolute Gasteiger partial charge is 0.309 e. The topological polar surface area (TPSA) is 63.6 Å². The van der Waals surface area contributed by atoms with Crippen LogP contribution in [0.3, 0.4) is 0 Å². The summed E-state index contributed by atoms with van der Waals surface area (Å²) in [6.07, 6.45) is 1.60. The summed E-state index contributed by atoms with van der Waals surface area (Å²) in [5, 5.41) is 8.84. The third-order valence-corrected chi connectivity index (χ3v) is 2.95. The molecule has 13 heavy (non-hydrogen) atoms. The second-order valence-electron chi connectivity index (χ2n) is 4.25. The fraction of sp³-hybridized carbons (Fsp3) is 0.778. The van der Waals surface area contributed by atoms with E-state index >= 15 is 0 Å². The van der Waals surface area contributed by atoms with Gasteiger partial charge in [0, 0.05) is 12.8 Å². The Morgan fingerprint density at radius 2 is 2.31 bits per heavy atom. The number of carboxylic acid groups (broad SMARTS) is 1. The first-order valence-electron chi connectivity index (χ1n) is 4.46. The molecule has 0 aromatic carbocycles. The molecule has 0 aromatic heterocycles. The van der Waals surface area contributed by atoms with Gasteiger partial charge in [-0.25, -0.2) is 0 Å². The summed E-state index contributed by atoms with van der Waals surface area (Å²) in [6, 6.07) is 0. The van der Waals surface area contributed by atoms with Crippen molar-refractivity contribution in [1.82, 2.24) is 0 Å². The Bertz CT molecular complexity index is 273. The van der Waals surface area contributed by atoms with Crippen LogP contribution < -0.4 is 0 Å². The van der Waals surface area contributed by atoms with E-state index in [2.05, 4.69) is 0 Å². The average Bonchev–Trinajstić information content (AvgIpc) is 2.20. The van der Waals surface area contributed by atoms with Gasteiger partial charge in [-0.3, -0.25) is 9.59 Å². The van der Waals surface area contributed by atoms with E-state index in [9.17, 15) is 9.59 Å². The zero-order valence-corrected chi connectivity index (χ0v) is 7.45. The summed E-state index contributed by atoms with van der Waals surface area (Å²) in [4.78, 5) is 22.0. The predicted octanol–water partition coefficient (Wildman–Crippen LogP) is 0.803. The van der Waals surface area contributed by atoms with Gasteiger partial charge in [0.1, 0.15) is 5.60 Å². The van der Waals surface area contributed by atoms with Gasteiger partial charge in [0.05, 0.1) is 11.8 Å². The Labute approximate surface area is 75.9 Å². The van der Waals surface area contributed by atoms with Crippen LogP contribution >= 0.6 is 0 Å². The fourth-order valence-corrected chi connectivity index (χ4v) is 2.41. The lowest BCUT2D eigenvalue weighted by Crippen LogP contribution is -2.34. The summed E-state index contributed by atoms with van der Waals surface area (Å²) >= 11 is 0. The predicted molar refractivity (Wildman–Crippen MR) is 43.0 cm³/mol. The molecule has 0 amide bonds. The van der Waals surface area contributed by atoms with Crippen molar-refractivity contribution < 1.29 is 19.4 Å². The van der Waals surface area contributed by atoms with E-state index in [4.69, 9.17) is 9.84 Å². The Kier molecular flexibility index (Phi) is 1.62. The molecule has 2 fully saturated rings. The Hall–Kier alpha value is -1.06. The average molecular weight is 184 g/mol. The monoisotopic (exact) mass is 184 g/mol. The summed E-state index contributed by atoms with van der Waals surface area (Å²) in [7, 11) is 0. The second kappa shape index (κ2) is 2.47. The molecule has 4 heteroatoms. The van der Waals surface area contributed by atoms with Crippen LogP contribution in [0.15, 0.2) is 0 Å². The third-order valence-electron chi connectivity index (χ3n) is 2.95. The molecule has 1 saturated heterocycles. The van der Waals surface area contributed by atoms with Crippen LogP contribution in [-0.2, 0) is 14.3 Å². The molecule has 4 nitrogen and oxygen atoms in total. The van der Waals surface area contributed by atoms with Crippen molar-refractivity contribution in [3.63, 3.8) is 0 Å². The van der Waals surface area contributed by atoms with Crippen molar-refractivity contribution in [3.05, 3.63) is 0 Å². The van der Waals surface area contributed by atoms with Gasteiger partial charge in [0.25, 0.3) is 0 Å². The molecule has 2 aliphatic rings. The lowest BCUT2D eigenvalue weighted by molar-refractivity contribution is -0.150. The van der Waals surface area contributed by atoms with Gasteiger partial charge >= 0.3 is 11.9 Å². The van der Waals surface area contributed by atoms with Crippen LogP contribution in [0.1, 0.15) is 26.2 Å². The number of rotatable bonds is 1. The molecule has 1 saturated carbocycles. The Morgan fingerprint density at radius 3 is 2.85 bits per heavy atom. The highest BCUT2D eigenvalue weighted by molar-refractivity contribution is 5.78. The minimum absolute atomic E-state index is 0.181. The summed E-state index contributed by atoms with van der Waals surface area (Å²) < 4.78 is 5.15. The molecular weight excluding hydrogens is 172 g/mol. The van der Waals surface area contributed by atoms with Crippen LogP contribution in [-0.4, -0.2) is 22.6 Å².